The third-order valence-corrected chi connectivity index (χ3v) is 5.02. The minimum absolute atomic E-state index is 0.532. The van der Waals surface area contributed by atoms with Gasteiger partial charge in [0.05, 0.1) is 12.1 Å². The summed E-state index contributed by atoms with van der Waals surface area (Å²) in [5.41, 5.74) is 2.83. The Morgan fingerprint density at radius 3 is 2.24 bits per heavy atom. The molecule has 1 aliphatic carbocycles. The molecule has 1 saturated heterocycles. The number of hydrogen-bond acceptors (Lipinski definition) is 2. The minimum Gasteiger partial charge on any atom is -0.282 e. The molecule has 1 aliphatic heterocycles. The van der Waals surface area contributed by atoms with Gasteiger partial charge in [0.1, 0.15) is 0 Å². The zero-order chi connectivity index (χ0) is 14.1. The summed E-state index contributed by atoms with van der Waals surface area (Å²) in [6.07, 6.45) is 10.8. The first-order valence-electron chi connectivity index (χ1n) is 8.17. The topological polar surface area (TPSA) is 15.9 Å². The Kier molecular flexibility index (Phi) is 3.48. The Morgan fingerprint density at radius 1 is 0.810 bits per heavy atom. The van der Waals surface area contributed by atoms with E-state index in [-0.39, 0.29) is 0 Å². The van der Waals surface area contributed by atoms with Crippen LogP contribution in [0.5, 0.6) is 0 Å². The van der Waals surface area contributed by atoms with Crippen LogP contribution in [0.15, 0.2) is 54.9 Å². The van der Waals surface area contributed by atoms with Crippen LogP contribution in [0.4, 0.5) is 0 Å². The zero-order valence-electron chi connectivity index (χ0n) is 12.4. The van der Waals surface area contributed by atoms with E-state index in [1.165, 1.54) is 43.2 Å². The van der Waals surface area contributed by atoms with Crippen molar-refractivity contribution in [1.82, 2.24) is 9.88 Å². The molecular weight excluding hydrogens is 256 g/mol. The molecule has 0 radical (unpaired) electrons. The van der Waals surface area contributed by atoms with E-state index in [9.17, 15) is 0 Å². The maximum Gasteiger partial charge on any atom is 0.0570 e. The van der Waals surface area contributed by atoms with Gasteiger partial charge in [-0.1, -0.05) is 55.7 Å². The molecule has 2 aromatic rings. The second-order valence-corrected chi connectivity index (χ2v) is 6.33. The number of aromatic nitrogens is 1. The van der Waals surface area contributed by atoms with Crippen LogP contribution in [-0.2, 0) is 0 Å². The van der Waals surface area contributed by atoms with Crippen molar-refractivity contribution in [2.75, 3.05) is 0 Å². The molecule has 2 heteroatoms. The van der Waals surface area contributed by atoms with Gasteiger partial charge in [0.15, 0.2) is 0 Å². The molecule has 2 fully saturated rings. The van der Waals surface area contributed by atoms with E-state index in [1.807, 2.05) is 12.4 Å². The third-order valence-electron chi connectivity index (χ3n) is 5.02. The zero-order valence-corrected chi connectivity index (χ0v) is 12.4. The van der Waals surface area contributed by atoms with Crippen LogP contribution in [0.25, 0.3) is 0 Å². The number of rotatable bonds is 3. The lowest BCUT2D eigenvalue weighted by atomic mass is 9.95. The molecule has 2 aliphatic rings. The molecular formula is C19H22N2. The molecule has 21 heavy (non-hydrogen) atoms. The predicted molar refractivity (Wildman–Crippen MR) is 84.9 cm³/mol. The minimum atomic E-state index is 0.532. The fourth-order valence-corrected chi connectivity index (χ4v) is 3.99. The molecule has 0 N–H and O–H groups in total. The Hall–Kier alpha value is -1.67. The van der Waals surface area contributed by atoms with Crippen LogP contribution in [0.3, 0.4) is 0 Å². The largest absolute Gasteiger partial charge is 0.282 e. The molecule has 3 atom stereocenters. The summed E-state index contributed by atoms with van der Waals surface area (Å²) in [5.74, 6) is 0. The van der Waals surface area contributed by atoms with Gasteiger partial charge in [-0.15, -0.1) is 0 Å². The van der Waals surface area contributed by atoms with Crippen molar-refractivity contribution in [3.05, 3.63) is 66.0 Å². The smallest absolute Gasteiger partial charge is 0.0570 e. The van der Waals surface area contributed by atoms with E-state index < -0.39 is 0 Å². The number of benzene rings is 1. The van der Waals surface area contributed by atoms with Gasteiger partial charge >= 0.3 is 0 Å². The molecule has 1 unspecified atom stereocenters. The summed E-state index contributed by atoms with van der Waals surface area (Å²) < 4.78 is 0. The fraction of sp³-hybridized carbons (Fsp3) is 0.421. The Balaban J connectivity index is 1.63. The van der Waals surface area contributed by atoms with Gasteiger partial charge in [-0.3, -0.25) is 9.88 Å². The Morgan fingerprint density at radius 2 is 1.52 bits per heavy atom. The fourth-order valence-electron chi connectivity index (χ4n) is 3.99. The first-order chi connectivity index (χ1) is 10.4. The van der Waals surface area contributed by atoms with Crippen LogP contribution < -0.4 is 0 Å². The number of nitrogens with zero attached hydrogens (tertiary/aromatic N) is 2. The van der Waals surface area contributed by atoms with Gasteiger partial charge in [-0.2, -0.15) is 0 Å². The van der Waals surface area contributed by atoms with Crippen LogP contribution in [0.1, 0.15) is 55.3 Å². The van der Waals surface area contributed by atoms with Crippen molar-refractivity contribution in [2.45, 2.75) is 50.2 Å². The molecule has 4 rings (SSSR count). The molecule has 1 aromatic heterocycles. The van der Waals surface area contributed by atoms with Gasteiger partial charge in [0.2, 0.25) is 0 Å². The summed E-state index contributed by atoms with van der Waals surface area (Å²) in [4.78, 5) is 7.05. The molecule has 0 amide bonds. The van der Waals surface area contributed by atoms with Crippen LogP contribution >= 0.6 is 0 Å². The quantitative estimate of drug-likeness (QED) is 0.768. The summed E-state index contributed by atoms with van der Waals surface area (Å²) in [7, 11) is 0. The van der Waals surface area contributed by atoms with Gasteiger partial charge in [0, 0.05) is 18.4 Å². The highest BCUT2D eigenvalue weighted by molar-refractivity contribution is 5.34. The summed E-state index contributed by atoms with van der Waals surface area (Å²) in [6, 6.07) is 17.1. The molecule has 1 aromatic carbocycles. The summed E-state index contributed by atoms with van der Waals surface area (Å²) >= 11 is 0. The number of hydrogen-bond donors (Lipinski definition) is 0. The average Bonchev–Trinajstić information content (AvgIpc) is 3.33. The predicted octanol–water partition coefficient (Wildman–Crippen LogP) is 4.51. The highest BCUT2D eigenvalue weighted by Gasteiger charge is 2.52. The van der Waals surface area contributed by atoms with Crippen LogP contribution in [0, 0.1) is 0 Å². The SMILES string of the molecule is c1ccc([C@H]2[C@@H](c3cccnc3)N2C2CCCCC2)cc1. The molecule has 108 valence electrons. The first kappa shape index (κ1) is 13.0. The lowest BCUT2D eigenvalue weighted by Crippen LogP contribution is -2.22. The van der Waals surface area contributed by atoms with Crippen molar-refractivity contribution < 1.29 is 0 Å². The van der Waals surface area contributed by atoms with E-state index in [2.05, 4.69) is 52.3 Å². The first-order valence-corrected chi connectivity index (χ1v) is 8.17. The normalized spacial score (nSPS) is 29.2. The van der Waals surface area contributed by atoms with Crippen molar-refractivity contribution in [3.8, 4) is 0 Å². The second kappa shape index (κ2) is 5.61. The van der Waals surface area contributed by atoms with E-state index in [4.69, 9.17) is 0 Å². The van der Waals surface area contributed by atoms with Gasteiger partial charge < -0.3 is 0 Å². The summed E-state index contributed by atoms with van der Waals surface area (Å²) in [6.45, 7) is 0. The Bertz CT molecular complexity index is 530. The lowest BCUT2D eigenvalue weighted by Gasteiger charge is -2.24. The van der Waals surface area contributed by atoms with Crippen molar-refractivity contribution in [3.63, 3.8) is 0 Å². The molecule has 2 nitrogen and oxygen atoms in total. The second-order valence-electron chi connectivity index (χ2n) is 6.33. The number of pyridine rings is 1. The van der Waals surface area contributed by atoms with E-state index >= 15 is 0 Å². The van der Waals surface area contributed by atoms with Gasteiger partial charge in [0.25, 0.3) is 0 Å². The maximum atomic E-state index is 4.33. The van der Waals surface area contributed by atoms with Crippen LogP contribution in [0.2, 0.25) is 0 Å². The molecule has 0 bridgehead atoms. The Labute approximate surface area is 126 Å². The molecule has 1 saturated carbocycles. The van der Waals surface area contributed by atoms with Crippen LogP contribution in [-0.4, -0.2) is 15.9 Å². The maximum absolute atomic E-state index is 4.33. The average molecular weight is 278 g/mol. The highest BCUT2D eigenvalue weighted by atomic mass is 15.4. The lowest BCUT2D eigenvalue weighted by molar-refractivity contribution is 0.269. The standard InChI is InChI=1S/C19H22N2/c1-3-8-15(9-4-1)18-19(16-10-7-13-20-14-16)21(18)17-11-5-2-6-12-17/h1,3-4,7-10,13-14,17-19H,2,5-6,11-12H2/t18-,19+,21?/m0/s1. The van der Waals surface area contributed by atoms with Crippen molar-refractivity contribution in [2.24, 2.45) is 0 Å². The molecule has 2 heterocycles. The highest BCUT2D eigenvalue weighted by Crippen LogP contribution is 2.57. The van der Waals surface area contributed by atoms with Gasteiger partial charge in [-0.25, -0.2) is 0 Å². The van der Waals surface area contributed by atoms with Crippen molar-refractivity contribution >= 4 is 0 Å². The monoisotopic (exact) mass is 278 g/mol. The van der Waals surface area contributed by atoms with E-state index in [1.54, 1.807) is 0 Å². The van der Waals surface area contributed by atoms with Crippen molar-refractivity contribution in [1.29, 1.82) is 0 Å². The van der Waals surface area contributed by atoms with E-state index in [0.29, 0.717) is 12.1 Å². The molecule has 0 spiro atoms. The third kappa shape index (κ3) is 2.49. The van der Waals surface area contributed by atoms with Gasteiger partial charge in [-0.05, 0) is 30.0 Å². The summed E-state index contributed by atoms with van der Waals surface area (Å²) in [5, 5.41) is 0. The van der Waals surface area contributed by atoms with E-state index in [0.717, 1.165) is 6.04 Å².